The zero-order valence-electron chi connectivity index (χ0n) is 12.5. The standard InChI is InChI=1S/C14H23N3O2S2/c1-15-14(17-10-11-20-2)16-9-6-12-21(18,19)13-7-4-3-5-8-13/h3-5,7-8H,6,9-12H2,1-2H3,(H2,15,16,17). The van der Waals surface area contributed by atoms with Gasteiger partial charge in [0.15, 0.2) is 15.8 Å². The molecule has 0 aliphatic carbocycles. The average Bonchev–Trinajstić information content (AvgIpc) is 2.50. The fourth-order valence-corrected chi connectivity index (χ4v) is 3.34. The third-order valence-corrected chi connectivity index (χ3v) is 5.24. The SMILES string of the molecule is CN=C(NCCCS(=O)(=O)c1ccccc1)NCCSC. The van der Waals surface area contributed by atoms with Crippen molar-refractivity contribution in [3.63, 3.8) is 0 Å². The molecule has 21 heavy (non-hydrogen) atoms. The van der Waals surface area contributed by atoms with Crippen LogP contribution in [0.2, 0.25) is 0 Å². The van der Waals surface area contributed by atoms with Crippen LogP contribution in [0.1, 0.15) is 6.42 Å². The first-order valence-corrected chi connectivity index (χ1v) is 9.86. The molecule has 0 fully saturated rings. The Hall–Kier alpha value is -1.21. The maximum atomic E-state index is 12.1. The third kappa shape index (κ3) is 6.86. The van der Waals surface area contributed by atoms with Crippen LogP contribution in [0.25, 0.3) is 0 Å². The summed E-state index contributed by atoms with van der Waals surface area (Å²) in [5.74, 6) is 1.84. The quantitative estimate of drug-likeness (QED) is 0.428. The van der Waals surface area contributed by atoms with Crippen LogP contribution in [0.4, 0.5) is 0 Å². The molecule has 0 radical (unpaired) electrons. The lowest BCUT2D eigenvalue weighted by molar-refractivity contribution is 0.592. The van der Waals surface area contributed by atoms with Crippen LogP contribution in [0, 0.1) is 0 Å². The van der Waals surface area contributed by atoms with Gasteiger partial charge < -0.3 is 10.6 Å². The fraction of sp³-hybridized carbons (Fsp3) is 0.500. The van der Waals surface area contributed by atoms with E-state index in [1.165, 1.54) is 0 Å². The minimum absolute atomic E-state index is 0.131. The Labute approximate surface area is 131 Å². The van der Waals surface area contributed by atoms with Crippen LogP contribution in [0.15, 0.2) is 40.2 Å². The van der Waals surface area contributed by atoms with E-state index in [4.69, 9.17) is 0 Å². The summed E-state index contributed by atoms with van der Waals surface area (Å²) >= 11 is 1.76. The molecular formula is C14H23N3O2S2. The van der Waals surface area contributed by atoms with Crippen LogP contribution in [0.3, 0.4) is 0 Å². The van der Waals surface area contributed by atoms with E-state index >= 15 is 0 Å². The first-order valence-electron chi connectivity index (χ1n) is 6.81. The summed E-state index contributed by atoms with van der Waals surface area (Å²) in [5.41, 5.74) is 0. The van der Waals surface area contributed by atoms with Crippen molar-refractivity contribution in [2.24, 2.45) is 4.99 Å². The predicted molar refractivity (Wildman–Crippen MR) is 90.9 cm³/mol. The molecule has 0 spiro atoms. The van der Waals surface area contributed by atoms with Crippen molar-refractivity contribution in [2.75, 3.05) is 37.9 Å². The molecule has 0 amide bonds. The molecule has 0 heterocycles. The van der Waals surface area contributed by atoms with E-state index in [2.05, 4.69) is 15.6 Å². The van der Waals surface area contributed by atoms with Crippen molar-refractivity contribution in [1.82, 2.24) is 10.6 Å². The van der Waals surface area contributed by atoms with E-state index in [9.17, 15) is 8.42 Å². The monoisotopic (exact) mass is 329 g/mol. The highest BCUT2D eigenvalue weighted by Gasteiger charge is 2.12. The molecule has 1 aromatic rings. The highest BCUT2D eigenvalue weighted by molar-refractivity contribution is 7.98. The number of guanidine groups is 1. The van der Waals surface area contributed by atoms with Crippen molar-refractivity contribution in [1.29, 1.82) is 0 Å². The van der Waals surface area contributed by atoms with E-state index in [1.807, 2.05) is 12.3 Å². The number of sulfone groups is 1. The van der Waals surface area contributed by atoms with Gasteiger partial charge in [0.1, 0.15) is 0 Å². The van der Waals surface area contributed by atoms with Crippen LogP contribution in [-0.2, 0) is 9.84 Å². The molecule has 1 rings (SSSR count). The Bertz CT molecular complexity index is 530. The fourth-order valence-electron chi connectivity index (χ4n) is 1.71. The van der Waals surface area contributed by atoms with Crippen LogP contribution < -0.4 is 10.6 Å². The summed E-state index contributed by atoms with van der Waals surface area (Å²) < 4.78 is 24.2. The summed E-state index contributed by atoms with van der Waals surface area (Å²) in [6, 6.07) is 8.55. The lowest BCUT2D eigenvalue weighted by Crippen LogP contribution is -2.39. The second kappa shape index (κ2) is 9.68. The van der Waals surface area contributed by atoms with Crippen molar-refractivity contribution >= 4 is 27.6 Å². The van der Waals surface area contributed by atoms with Crippen molar-refractivity contribution in [3.05, 3.63) is 30.3 Å². The summed E-state index contributed by atoms with van der Waals surface area (Å²) in [5, 5.41) is 6.29. The largest absolute Gasteiger partial charge is 0.356 e. The summed E-state index contributed by atoms with van der Waals surface area (Å²) in [4.78, 5) is 4.47. The summed E-state index contributed by atoms with van der Waals surface area (Å²) in [6.07, 6.45) is 2.59. The highest BCUT2D eigenvalue weighted by atomic mass is 32.2. The maximum absolute atomic E-state index is 12.1. The van der Waals surface area contributed by atoms with Gasteiger partial charge in [0.2, 0.25) is 0 Å². The number of rotatable bonds is 8. The molecule has 0 aliphatic rings. The van der Waals surface area contributed by atoms with Gasteiger partial charge >= 0.3 is 0 Å². The molecule has 2 N–H and O–H groups in total. The minimum Gasteiger partial charge on any atom is -0.356 e. The number of benzene rings is 1. The smallest absolute Gasteiger partial charge is 0.191 e. The van der Waals surface area contributed by atoms with E-state index in [0.29, 0.717) is 23.8 Å². The highest BCUT2D eigenvalue weighted by Crippen LogP contribution is 2.10. The molecule has 0 bridgehead atoms. The summed E-state index contributed by atoms with van der Waals surface area (Å²) in [6.45, 7) is 1.41. The Morgan fingerprint density at radius 2 is 1.86 bits per heavy atom. The average molecular weight is 329 g/mol. The normalized spacial score (nSPS) is 12.2. The number of hydrogen-bond donors (Lipinski definition) is 2. The van der Waals surface area contributed by atoms with Gasteiger partial charge in [-0.3, -0.25) is 4.99 Å². The van der Waals surface area contributed by atoms with Gasteiger partial charge in [0, 0.05) is 25.9 Å². The molecule has 0 saturated heterocycles. The topological polar surface area (TPSA) is 70.6 Å². The number of nitrogens with zero attached hydrogens (tertiary/aromatic N) is 1. The van der Waals surface area contributed by atoms with Gasteiger partial charge in [-0.05, 0) is 24.8 Å². The zero-order chi connectivity index (χ0) is 15.6. The molecule has 0 saturated carbocycles. The van der Waals surface area contributed by atoms with Gasteiger partial charge in [0.05, 0.1) is 10.6 Å². The Balaban J connectivity index is 2.33. The first kappa shape index (κ1) is 17.8. The first-order chi connectivity index (χ1) is 10.1. The number of thioether (sulfide) groups is 1. The second-order valence-corrected chi connectivity index (χ2v) is 7.50. The maximum Gasteiger partial charge on any atom is 0.191 e. The second-order valence-electron chi connectivity index (χ2n) is 4.40. The molecule has 0 aliphatic heterocycles. The zero-order valence-corrected chi connectivity index (χ0v) is 14.1. The van der Waals surface area contributed by atoms with Crippen molar-refractivity contribution in [3.8, 4) is 0 Å². The number of hydrogen-bond acceptors (Lipinski definition) is 4. The van der Waals surface area contributed by atoms with E-state index in [1.54, 1.807) is 43.1 Å². The van der Waals surface area contributed by atoms with Crippen LogP contribution >= 0.6 is 11.8 Å². The van der Waals surface area contributed by atoms with Crippen molar-refractivity contribution < 1.29 is 8.42 Å². The molecule has 0 atom stereocenters. The molecule has 7 heteroatoms. The molecule has 1 aromatic carbocycles. The van der Waals surface area contributed by atoms with Gasteiger partial charge in [-0.2, -0.15) is 11.8 Å². The Morgan fingerprint density at radius 3 is 2.48 bits per heavy atom. The molecule has 0 aromatic heterocycles. The van der Waals surface area contributed by atoms with E-state index in [-0.39, 0.29) is 5.75 Å². The Kier molecular flexibility index (Phi) is 8.22. The van der Waals surface area contributed by atoms with Gasteiger partial charge in [0.25, 0.3) is 0 Å². The minimum atomic E-state index is -3.19. The summed E-state index contributed by atoms with van der Waals surface area (Å²) in [7, 11) is -1.49. The molecule has 118 valence electrons. The molecule has 5 nitrogen and oxygen atoms in total. The molecular weight excluding hydrogens is 306 g/mol. The van der Waals surface area contributed by atoms with E-state index < -0.39 is 9.84 Å². The lowest BCUT2D eigenvalue weighted by Gasteiger charge is -2.11. The predicted octanol–water partition coefficient (Wildman–Crippen LogP) is 1.38. The lowest BCUT2D eigenvalue weighted by atomic mass is 10.4. The third-order valence-electron chi connectivity index (χ3n) is 2.81. The van der Waals surface area contributed by atoms with Crippen molar-refractivity contribution in [2.45, 2.75) is 11.3 Å². The van der Waals surface area contributed by atoms with Gasteiger partial charge in [-0.25, -0.2) is 8.42 Å². The number of nitrogens with one attached hydrogen (secondary N) is 2. The van der Waals surface area contributed by atoms with Gasteiger partial charge in [-0.15, -0.1) is 0 Å². The Morgan fingerprint density at radius 1 is 1.19 bits per heavy atom. The van der Waals surface area contributed by atoms with Gasteiger partial charge in [-0.1, -0.05) is 18.2 Å². The van der Waals surface area contributed by atoms with Crippen LogP contribution in [0.5, 0.6) is 0 Å². The molecule has 0 unspecified atom stereocenters. The van der Waals surface area contributed by atoms with Crippen LogP contribution in [-0.4, -0.2) is 52.3 Å². The number of aliphatic imine (C=N–C) groups is 1. The van der Waals surface area contributed by atoms with E-state index in [0.717, 1.165) is 12.3 Å².